The lowest BCUT2D eigenvalue weighted by atomic mass is 10.00. The summed E-state index contributed by atoms with van der Waals surface area (Å²) in [5.74, 6) is -0.621. The Bertz CT molecular complexity index is 1070. The molecule has 0 radical (unpaired) electrons. The van der Waals surface area contributed by atoms with E-state index < -0.39 is 22.6 Å². The molecule has 0 spiro atoms. The number of hydrogen-bond acceptors (Lipinski definition) is 7. The highest BCUT2D eigenvalue weighted by molar-refractivity contribution is 6.01. The van der Waals surface area contributed by atoms with Crippen LogP contribution in [0, 0.1) is 10.1 Å². The SMILES string of the molecule is COc1cc(C(=O)N(C)C(c2ccccc2)c2ccccn2)c([N+](=O)[O-])c(OC)c1OC. The van der Waals surface area contributed by atoms with Gasteiger partial charge in [-0.15, -0.1) is 0 Å². The number of methoxy groups -OCH3 is 3. The molecular weight excluding hydrogens is 414 g/mol. The predicted molar refractivity (Wildman–Crippen MR) is 117 cm³/mol. The molecule has 0 fully saturated rings. The number of aromatic nitrogens is 1. The molecule has 1 unspecified atom stereocenters. The molecule has 0 saturated carbocycles. The quantitative estimate of drug-likeness (QED) is 0.389. The van der Waals surface area contributed by atoms with Crippen LogP contribution in [0.15, 0.2) is 60.8 Å². The van der Waals surface area contributed by atoms with Gasteiger partial charge < -0.3 is 19.1 Å². The minimum atomic E-state index is -0.667. The fraction of sp³-hybridized carbons (Fsp3) is 0.217. The number of carbonyl (C=O) groups is 1. The van der Waals surface area contributed by atoms with Crippen LogP contribution in [-0.2, 0) is 0 Å². The first-order valence-electron chi connectivity index (χ1n) is 9.64. The molecule has 0 aliphatic heterocycles. The number of carbonyl (C=O) groups excluding carboxylic acids is 1. The van der Waals surface area contributed by atoms with Gasteiger partial charge >= 0.3 is 5.69 Å². The van der Waals surface area contributed by atoms with Crippen molar-refractivity contribution in [3.8, 4) is 17.2 Å². The van der Waals surface area contributed by atoms with E-state index in [4.69, 9.17) is 14.2 Å². The minimum absolute atomic E-state index is 0.0326. The first-order chi connectivity index (χ1) is 15.4. The number of benzene rings is 2. The number of ether oxygens (including phenoxy) is 3. The zero-order valence-electron chi connectivity index (χ0n) is 18.1. The standard InChI is InChI=1S/C23H23N3O6/c1-25(19(15-10-6-5-7-11-15)17-12-8-9-13-24-17)23(27)16-14-18(30-2)21(31-3)22(32-4)20(16)26(28)29/h5-14,19H,1-4H3. The Kier molecular flexibility index (Phi) is 6.89. The number of nitro benzene ring substituents is 1. The van der Waals surface area contributed by atoms with Gasteiger partial charge in [0, 0.05) is 19.3 Å². The molecular formula is C23H23N3O6. The molecule has 0 aliphatic rings. The molecule has 0 saturated heterocycles. The van der Waals surface area contributed by atoms with Gasteiger partial charge in [-0.05, 0) is 17.7 Å². The van der Waals surface area contributed by atoms with E-state index in [0.29, 0.717) is 5.69 Å². The second-order valence-corrected chi connectivity index (χ2v) is 6.78. The van der Waals surface area contributed by atoms with Crippen LogP contribution in [-0.4, -0.2) is 49.1 Å². The van der Waals surface area contributed by atoms with Gasteiger partial charge in [-0.3, -0.25) is 19.9 Å². The van der Waals surface area contributed by atoms with Crippen LogP contribution in [0.4, 0.5) is 5.69 Å². The van der Waals surface area contributed by atoms with Crippen LogP contribution in [0.1, 0.15) is 27.7 Å². The maximum atomic E-state index is 13.6. The maximum absolute atomic E-state index is 13.6. The topological polar surface area (TPSA) is 104 Å². The molecule has 166 valence electrons. The number of nitrogens with zero attached hydrogens (tertiary/aromatic N) is 3. The Labute approximate surface area is 185 Å². The zero-order valence-corrected chi connectivity index (χ0v) is 18.1. The summed E-state index contributed by atoms with van der Waals surface area (Å²) in [6, 6.07) is 15.4. The van der Waals surface area contributed by atoms with Crippen molar-refractivity contribution in [3.63, 3.8) is 0 Å². The van der Waals surface area contributed by atoms with Gasteiger partial charge in [0.25, 0.3) is 5.91 Å². The third-order valence-corrected chi connectivity index (χ3v) is 5.01. The van der Waals surface area contributed by atoms with Crippen LogP contribution in [0.5, 0.6) is 17.2 Å². The van der Waals surface area contributed by atoms with E-state index in [1.54, 1.807) is 25.4 Å². The van der Waals surface area contributed by atoms with E-state index in [0.717, 1.165) is 5.56 Å². The van der Waals surface area contributed by atoms with Crippen LogP contribution < -0.4 is 14.2 Å². The van der Waals surface area contributed by atoms with E-state index >= 15 is 0 Å². The smallest absolute Gasteiger partial charge is 0.327 e. The fourth-order valence-electron chi connectivity index (χ4n) is 3.56. The summed E-state index contributed by atoms with van der Waals surface area (Å²) in [5.41, 5.74) is 0.723. The van der Waals surface area contributed by atoms with Crippen molar-refractivity contribution in [2.45, 2.75) is 6.04 Å². The van der Waals surface area contributed by atoms with Crippen molar-refractivity contribution in [3.05, 3.63) is 87.7 Å². The van der Waals surface area contributed by atoms with Gasteiger partial charge in [-0.1, -0.05) is 36.4 Å². The lowest BCUT2D eigenvalue weighted by Gasteiger charge is -2.28. The first kappa shape index (κ1) is 22.5. The lowest BCUT2D eigenvalue weighted by Crippen LogP contribution is -2.33. The zero-order chi connectivity index (χ0) is 23.3. The average Bonchev–Trinajstić information content (AvgIpc) is 2.83. The van der Waals surface area contributed by atoms with Gasteiger partial charge in [-0.25, -0.2) is 0 Å². The number of amides is 1. The summed E-state index contributed by atoms with van der Waals surface area (Å²) in [5, 5.41) is 12.0. The Morgan fingerprint density at radius 1 is 1.00 bits per heavy atom. The number of rotatable bonds is 8. The van der Waals surface area contributed by atoms with Crippen molar-refractivity contribution < 1.29 is 23.9 Å². The molecule has 3 rings (SSSR count). The number of nitro groups is 1. The number of pyridine rings is 1. The largest absolute Gasteiger partial charge is 0.493 e. The highest BCUT2D eigenvalue weighted by atomic mass is 16.6. The van der Waals surface area contributed by atoms with Crippen molar-refractivity contribution in [2.24, 2.45) is 0 Å². The van der Waals surface area contributed by atoms with Crippen LogP contribution >= 0.6 is 0 Å². The fourth-order valence-corrected chi connectivity index (χ4v) is 3.56. The summed E-state index contributed by atoms with van der Waals surface area (Å²) in [7, 11) is 5.55. The summed E-state index contributed by atoms with van der Waals surface area (Å²) in [6.07, 6.45) is 1.63. The van der Waals surface area contributed by atoms with Gasteiger partial charge in [-0.2, -0.15) is 0 Å². The molecule has 1 heterocycles. The van der Waals surface area contributed by atoms with Crippen molar-refractivity contribution in [2.75, 3.05) is 28.4 Å². The molecule has 1 atom stereocenters. The average molecular weight is 437 g/mol. The third kappa shape index (κ3) is 4.18. The molecule has 0 aliphatic carbocycles. The van der Waals surface area contributed by atoms with Crippen LogP contribution in [0.25, 0.3) is 0 Å². The molecule has 0 N–H and O–H groups in total. The minimum Gasteiger partial charge on any atom is -0.493 e. The van der Waals surface area contributed by atoms with Gasteiger partial charge in [0.15, 0.2) is 5.75 Å². The van der Waals surface area contributed by atoms with E-state index in [1.165, 1.54) is 32.3 Å². The molecule has 1 amide bonds. The second-order valence-electron chi connectivity index (χ2n) is 6.78. The normalized spacial score (nSPS) is 11.4. The second kappa shape index (κ2) is 9.78. The summed E-state index contributed by atoms with van der Waals surface area (Å²) >= 11 is 0. The van der Waals surface area contributed by atoms with E-state index in [1.807, 2.05) is 36.4 Å². The number of hydrogen-bond donors (Lipinski definition) is 0. The molecule has 3 aromatic rings. The predicted octanol–water partition coefficient (Wildman–Crippen LogP) is 3.88. The van der Waals surface area contributed by atoms with Crippen LogP contribution in [0.3, 0.4) is 0 Å². The Hall–Kier alpha value is -4.14. The summed E-state index contributed by atoms with van der Waals surface area (Å²) in [4.78, 5) is 30.7. The van der Waals surface area contributed by atoms with E-state index in [2.05, 4.69) is 4.98 Å². The maximum Gasteiger partial charge on any atom is 0.327 e. The van der Waals surface area contributed by atoms with Gasteiger partial charge in [0.05, 0.1) is 38.0 Å². The molecule has 9 nitrogen and oxygen atoms in total. The molecule has 1 aromatic heterocycles. The van der Waals surface area contributed by atoms with Crippen LogP contribution in [0.2, 0.25) is 0 Å². The Balaban J connectivity index is 2.19. The monoisotopic (exact) mass is 437 g/mol. The first-order valence-corrected chi connectivity index (χ1v) is 9.64. The highest BCUT2D eigenvalue weighted by Crippen LogP contribution is 2.47. The summed E-state index contributed by atoms with van der Waals surface area (Å²) in [6.45, 7) is 0. The van der Waals surface area contributed by atoms with Crippen molar-refractivity contribution in [1.29, 1.82) is 0 Å². The van der Waals surface area contributed by atoms with E-state index in [9.17, 15) is 14.9 Å². The molecule has 9 heteroatoms. The van der Waals surface area contributed by atoms with Gasteiger partial charge in [0.1, 0.15) is 5.56 Å². The molecule has 0 bridgehead atoms. The third-order valence-electron chi connectivity index (χ3n) is 5.01. The highest BCUT2D eigenvalue weighted by Gasteiger charge is 2.36. The van der Waals surface area contributed by atoms with Gasteiger partial charge in [0.2, 0.25) is 11.5 Å². The molecule has 2 aromatic carbocycles. The van der Waals surface area contributed by atoms with Crippen molar-refractivity contribution in [1.82, 2.24) is 9.88 Å². The lowest BCUT2D eigenvalue weighted by molar-refractivity contribution is -0.386. The Morgan fingerprint density at radius 3 is 2.19 bits per heavy atom. The van der Waals surface area contributed by atoms with E-state index in [-0.39, 0.29) is 22.8 Å². The molecule has 32 heavy (non-hydrogen) atoms. The van der Waals surface area contributed by atoms with Crippen molar-refractivity contribution >= 4 is 11.6 Å². The Morgan fingerprint density at radius 2 is 1.66 bits per heavy atom. The summed E-state index contributed by atoms with van der Waals surface area (Å²) < 4.78 is 15.8.